The van der Waals surface area contributed by atoms with Gasteiger partial charge in [-0.1, -0.05) is 12.1 Å². The third-order valence-electron chi connectivity index (χ3n) is 4.96. The van der Waals surface area contributed by atoms with Gasteiger partial charge in [-0.3, -0.25) is 4.79 Å². The van der Waals surface area contributed by atoms with E-state index < -0.39 is 10.0 Å². The number of nitrogens with zero attached hydrogens (tertiary/aromatic N) is 1. The van der Waals surface area contributed by atoms with Crippen molar-refractivity contribution in [1.82, 2.24) is 4.31 Å². The highest BCUT2D eigenvalue weighted by molar-refractivity contribution is 7.89. The van der Waals surface area contributed by atoms with E-state index in [-0.39, 0.29) is 5.91 Å². The molecule has 0 bridgehead atoms. The molecule has 1 amide bonds. The molecule has 3 rings (SSSR count). The van der Waals surface area contributed by atoms with Crippen LogP contribution < -0.4 is 10.1 Å². The molecule has 1 N–H and O–H groups in total. The molecule has 0 aromatic heterocycles. The van der Waals surface area contributed by atoms with Gasteiger partial charge < -0.3 is 14.8 Å². The predicted octanol–water partition coefficient (Wildman–Crippen LogP) is 3.07. The van der Waals surface area contributed by atoms with Crippen molar-refractivity contribution in [2.45, 2.75) is 30.6 Å². The second-order valence-corrected chi connectivity index (χ2v) is 9.11. The summed E-state index contributed by atoms with van der Waals surface area (Å²) in [5.74, 6) is 0.617. The van der Waals surface area contributed by atoms with E-state index in [1.165, 1.54) is 4.31 Å². The van der Waals surface area contributed by atoms with Crippen LogP contribution in [0, 0.1) is 0 Å². The minimum Gasteiger partial charge on any atom is -0.491 e. The highest BCUT2D eigenvalue weighted by Crippen LogP contribution is 2.21. The Morgan fingerprint density at radius 3 is 2.30 bits per heavy atom. The minimum atomic E-state index is -3.40. The number of methoxy groups -OCH3 is 1. The van der Waals surface area contributed by atoms with Crippen LogP contribution in [0.2, 0.25) is 0 Å². The Bertz CT molecular complexity index is 921. The molecule has 1 heterocycles. The number of rotatable bonds is 10. The minimum absolute atomic E-state index is 0.100. The molecule has 0 unspecified atom stereocenters. The Kier molecular flexibility index (Phi) is 7.84. The first-order valence-electron chi connectivity index (χ1n) is 10.1. The zero-order valence-electron chi connectivity index (χ0n) is 17.2. The number of nitrogens with one attached hydrogen (secondary N) is 1. The summed E-state index contributed by atoms with van der Waals surface area (Å²) in [6.45, 7) is 2.17. The normalized spacial score (nSPS) is 14.6. The Labute approximate surface area is 178 Å². The second kappa shape index (κ2) is 10.6. The lowest BCUT2D eigenvalue weighted by molar-refractivity contribution is -0.116. The van der Waals surface area contributed by atoms with Gasteiger partial charge in [-0.05, 0) is 61.2 Å². The smallest absolute Gasteiger partial charge is 0.243 e. The van der Waals surface area contributed by atoms with E-state index in [1.807, 2.05) is 0 Å². The van der Waals surface area contributed by atoms with Crippen molar-refractivity contribution in [1.29, 1.82) is 0 Å². The summed E-state index contributed by atoms with van der Waals surface area (Å²) in [4.78, 5) is 12.5. The van der Waals surface area contributed by atoms with Crippen molar-refractivity contribution in [2.75, 3.05) is 38.7 Å². The van der Waals surface area contributed by atoms with Crippen molar-refractivity contribution in [2.24, 2.45) is 0 Å². The lowest BCUT2D eigenvalue weighted by atomic mass is 10.1. The summed E-state index contributed by atoms with van der Waals surface area (Å²) in [5, 5.41) is 2.86. The van der Waals surface area contributed by atoms with Gasteiger partial charge in [0, 0.05) is 32.3 Å². The first kappa shape index (κ1) is 22.3. The van der Waals surface area contributed by atoms with Crippen molar-refractivity contribution >= 4 is 21.6 Å². The number of hydrogen-bond donors (Lipinski definition) is 1. The highest BCUT2D eigenvalue weighted by atomic mass is 32.2. The van der Waals surface area contributed by atoms with Crippen LogP contribution in [0.5, 0.6) is 5.75 Å². The van der Waals surface area contributed by atoms with Gasteiger partial charge in [0.15, 0.2) is 0 Å². The number of aryl methyl sites for hydroxylation is 1. The van der Waals surface area contributed by atoms with Gasteiger partial charge in [0.2, 0.25) is 15.9 Å². The Morgan fingerprint density at radius 2 is 1.67 bits per heavy atom. The van der Waals surface area contributed by atoms with Crippen LogP contribution in [0.4, 0.5) is 5.69 Å². The van der Waals surface area contributed by atoms with Crippen molar-refractivity contribution in [3.05, 3.63) is 54.1 Å². The predicted molar refractivity (Wildman–Crippen MR) is 115 cm³/mol. The maximum Gasteiger partial charge on any atom is 0.243 e. The zero-order valence-corrected chi connectivity index (χ0v) is 18.0. The van der Waals surface area contributed by atoms with Crippen molar-refractivity contribution in [3.8, 4) is 5.75 Å². The molecule has 7 nitrogen and oxygen atoms in total. The molecule has 2 aromatic carbocycles. The number of sulfonamides is 1. The van der Waals surface area contributed by atoms with Gasteiger partial charge in [-0.2, -0.15) is 4.31 Å². The summed E-state index contributed by atoms with van der Waals surface area (Å²) in [7, 11) is -1.78. The third-order valence-corrected chi connectivity index (χ3v) is 6.87. The monoisotopic (exact) mass is 432 g/mol. The number of carbonyl (C=O) groups excluding carboxylic acids is 1. The van der Waals surface area contributed by atoms with E-state index in [1.54, 1.807) is 55.6 Å². The summed E-state index contributed by atoms with van der Waals surface area (Å²) in [5.41, 5.74) is 1.62. The lowest BCUT2D eigenvalue weighted by Gasteiger charge is -2.15. The van der Waals surface area contributed by atoms with Gasteiger partial charge in [0.05, 0.1) is 11.5 Å². The fraction of sp³-hybridized carbons (Fsp3) is 0.409. The van der Waals surface area contributed by atoms with Crippen molar-refractivity contribution < 1.29 is 22.7 Å². The van der Waals surface area contributed by atoms with E-state index in [9.17, 15) is 13.2 Å². The van der Waals surface area contributed by atoms with Gasteiger partial charge >= 0.3 is 0 Å². The molecular weight excluding hydrogens is 404 g/mol. The molecule has 162 valence electrons. The SMILES string of the molecule is COCCOc1ccc(NC(=O)CCc2ccc(S(=O)(=O)N3CCCC3)cc2)cc1. The molecular formula is C22H28N2O5S. The molecule has 1 saturated heterocycles. The molecule has 0 atom stereocenters. The van der Waals surface area contributed by atoms with E-state index >= 15 is 0 Å². The lowest BCUT2D eigenvalue weighted by Crippen LogP contribution is -2.27. The Hall–Kier alpha value is -2.42. The number of benzene rings is 2. The largest absolute Gasteiger partial charge is 0.491 e. The maximum absolute atomic E-state index is 12.6. The Morgan fingerprint density at radius 1 is 1.00 bits per heavy atom. The number of hydrogen-bond acceptors (Lipinski definition) is 5. The van der Waals surface area contributed by atoms with Crippen LogP contribution in [0.1, 0.15) is 24.8 Å². The topological polar surface area (TPSA) is 84.9 Å². The summed E-state index contributed by atoms with van der Waals surface area (Å²) >= 11 is 0. The fourth-order valence-electron chi connectivity index (χ4n) is 3.26. The molecule has 0 radical (unpaired) electrons. The van der Waals surface area contributed by atoms with Crippen LogP contribution in [-0.2, 0) is 26.0 Å². The van der Waals surface area contributed by atoms with Gasteiger partial charge in [0.25, 0.3) is 0 Å². The molecule has 1 aliphatic rings. The number of carbonyl (C=O) groups is 1. The molecule has 0 aliphatic carbocycles. The molecule has 1 aliphatic heterocycles. The van der Waals surface area contributed by atoms with Gasteiger partial charge in [-0.15, -0.1) is 0 Å². The standard InChI is InChI=1S/C22H28N2O5S/c1-28-16-17-29-20-9-7-19(8-10-20)23-22(25)13-6-18-4-11-21(12-5-18)30(26,27)24-14-2-3-15-24/h4-5,7-12H,2-3,6,13-17H2,1H3,(H,23,25). The average Bonchev–Trinajstić information content (AvgIpc) is 3.30. The quantitative estimate of drug-likeness (QED) is 0.583. The third kappa shape index (κ3) is 6.04. The second-order valence-electron chi connectivity index (χ2n) is 7.17. The van der Waals surface area contributed by atoms with Crippen LogP contribution in [0.3, 0.4) is 0 Å². The average molecular weight is 433 g/mol. The number of anilines is 1. The van der Waals surface area contributed by atoms with Crippen LogP contribution in [-0.4, -0.2) is 52.0 Å². The molecule has 8 heteroatoms. The van der Waals surface area contributed by atoms with Crippen LogP contribution in [0.15, 0.2) is 53.4 Å². The van der Waals surface area contributed by atoms with E-state index in [2.05, 4.69) is 5.32 Å². The summed E-state index contributed by atoms with van der Waals surface area (Å²) in [6, 6.07) is 14.0. The number of ether oxygens (including phenoxy) is 2. The first-order valence-corrected chi connectivity index (χ1v) is 11.5. The highest BCUT2D eigenvalue weighted by Gasteiger charge is 2.26. The molecule has 0 saturated carbocycles. The summed E-state index contributed by atoms with van der Waals surface area (Å²) in [6.07, 6.45) is 2.67. The molecule has 1 fully saturated rings. The van der Waals surface area contributed by atoms with Crippen LogP contribution in [0.25, 0.3) is 0 Å². The zero-order chi connectivity index (χ0) is 21.4. The summed E-state index contributed by atoms with van der Waals surface area (Å²) < 4.78 is 37.1. The maximum atomic E-state index is 12.6. The van der Waals surface area contributed by atoms with Gasteiger partial charge in [-0.25, -0.2) is 8.42 Å². The van der Waals surface area contributed by atoms with Gasteiger partial charge in [0.1, 0.15) is 12.4 Å². The number of amides is 1. The van der Waals surface area contributed by atoms with E-state index in [0.29, 0.717) is 55.5 Å². The Balaban J connectivity index is 1.47. The molecule has 30 heavy (non-hydrogen) atoms. The molecule has 2 aromatic rings. The fourth-order valence-corrected chi connectivity index (χ4v) is 4.78. The van der Waals surface area contributed by atoms with Crippen LogP contribution >= 0.6 is 0 Å². The molecule has 0 spiro atoms. The van der Waals surface area contributed by atoms with E-state index in [4.69, 9.17) is 9.47 Å². The van der Waals surface area contributed by atoms with Crippen molar-refractivity contribution in [3.63, 3.8) is 0 Å². The first-order chi connectivity index (χ1) is 14.5. The van der Waals surface area contributed by atoms with E-state index in [0.717, 1.165) is 18.4 Å².